The van der Waals surface area contributed by atoms with Gasteiger partial charge in [0.1, 0.15) is 25.6 Å². The summed E-state index contributed by atoms with van der Waals surface area (Å²) in [6, 6.07) is 5.23. The van der Waals surface area contributed by atoms with Gasteiger partial charge < -0.3 is 9.88 Å². The van der Waals surface area contributed by atoms with Gasteiger partial charge in [0.2, 0.25) is 10.0 Å². The molecule has 1 aromatic carbocycles. The maximum Gasteiger partial charge on any atom is 0.240 e. The average molecular weight is 341 g/mol. The number of rotatable bonds is 3. The molecule has 4 rings (SSSR count). The average Bonchev–Trinajstić information content (AvgIpc) is 3.18. The minimum Gasteiger partial charge on any atom is -0.347 e. The van der Waals surface area contributed by atoms with Crippen molar-refractivity contribution in [1.82, 2.24) is 19.7 Å². The molecule has 0 bridgehead atoms. The second kappa shape index (κ2) is 5.32. The Morgan fingerprint density at radius 1 is 1.33 bits per heavy atom. The molecule has 0 saturated heterocycles. The molecule has 3 aromatic rings. The lowest BCUT2D eigenvalue weighted by Crippen LogP contribution is -2.20. The van der Waals surface area contributed by atoms with Crippen molar-refractivity contribution in [2.45, 2.75) is 11.3 Å². The largest absolute Gasteiger partial charge is 0.347 e. The van der Waals surface area contributed by atoms with E-state index in [1.54, 1.807) is 12.1 Å². The highest BCUT2D eigenvalue weighted by Gasteiger charge is 2.26. The molecule has 0 radical (unpaired) electrons. The number of aromatic amines is 1. The molecule has 2 N–H and O–H groups in total. The Balaban J connectivity index is 1.89. The van der Waals surface area contributed by atoms with Crippen LogP contribution in [0, 0.1) is 0 Å². The summed E-state index contributed by atoms with van der Waals surface area (Å²) in [6.45, 7) is 0.759. The number of hydrogen-bond donors (Lipinski definition) is 2. The monoisotopic (exact) mass is 341 g/mol. The van der Waals surface area contributed by atoms with Crippen LogP contribution in [0.5, 0.6) is 0 Å². The lowest BCUT2D eigenvalue weighted by Gasteiger charge is -2.20. The van der Waals surface area contributed by atoms with E-state index < -0.39 is 10.0 Å². The number of fused-ring (bicyclic) bond motifs is 2. The molecule has 0 aliphatic carbocycles. The van der Waals surface area contributed by atoms with Gasteiger partial charge in [-0.15, -0.1) is 0 Å². The first kappa shape index (κ1) is 15.2. The Morgan fingerprint density at radius 3 is 2.96 bits per heavy atom. The lowest BCUT2D eigenvalue weighted by molar-refractivity contribution is 0.588. The molecule has 0 atom stereocenters. The Bertz CT molecular complexity index is 1050. The molecule has 1 aliphatic rings. The third-order valence-electron chi connectivity index (χ3n) is 4.43. The number of benzene rings is 1. The maximum absolute atomic E-state index is 12.1. The fourth-order valence-electron chi connectivity index (χ4n) is 3.17. The molecule has 1 aliphatic heterocycles. The van der Waals surface area contributed by atoms with Gasteiger partial charge in [0, 0.05) is 12.2 Å². The summed E-state index contributed by atoms with van der Waals surface area (Å²) in [5.74, 6) is 0.802. The minimum absolute atomic E-state index is 0.256. The Morgan fingerprint density at radius 2 is 2.17 bits per heavy atom. The van der Waals surface area contributed by atoms with Crippen molar-refractivity contribution >= 4 is 45.9 Å². The lowest BCUT2D eigenvalue weighted by atomic mass is 9.97. The van der Waals surface area contributed by atoms with Gasteiger partial charge in [0.25, 0.3) is 0 Å². The maximum atomic E-state index is 12.1. The molecule has 0 fully saturated rings. The summed E-state index contributed by atoms with van der Waals surface area (Å²) in [4.78, 5) is 14.2. The second-order valence-corrected chi connectivity index (χ2v) is 7.68. The molecule has 0 unspecified atom stereocenters. The zero-order valence-electron chi connectivity index (χ0n) is 13.4. The molecule has 0 saturated carbocycles. The molecular weight excluding hydrogens is 325 g/mol. The van der Waals surface area contributed by atoms with Crippen LogP contribution >= 0.6 is 0 Å². The van der Waals surface area contributed by atoms with E-state index in [4.69, 9.17) is 0 Å². The van der Waals surface area contributed by atoms with Gasteiger partial charge >= 0.3 is 0 Å². The molecule has 0 amide bonds. The summed E-state index contributed by atoms with van der Waals surface area (Å²) >= 11 is 0. The van der Waals surface area contributed by atoms with Crippen molar-refractivity contribution < 1.29 is 8.42 Å². The molecule has 3 heterocycles. The van der Waals surface area contributed by atoms with Crippen LogP contribution in [0.25, 0.3) is 11.0 Å². The van der Waals surface area contributed by atoms with Crippen LogP contribution in [0.15, 0.2) is 35.6 Å². The van der Waals surface area contributed by atoms with E-state index in [2.05, 4.69) is 24.6 Å². The van der Waals surface area contributed by atoms with E-state index in [9.17, 15) is 8.42 Å². The number of anilines is 2. The van der Waals surface area contributed by atoms with Crippen LogP contribution < -0.4 is 15.1 Å². The number of aromatic nitrogens is 3. The van der Waals surface area contributed by atoms with Gasteiger partial charge in [0.15, 0.2) is 0 Å². The van der Waals surface area contributed by atoms with Gasteiger partial charge in [-0.25, -0.2) is 23.1 Å². The van der Waals surface area contributed by atoms with Crippen molar-refractivity contribution in [1.29, 1.82) is 0 Å². The molecule has 24 heavy (non-hydrogen) atoms. The minimum atomic E-state index is -3.48. The van der Waals surface area contributed by atoms with Gasteiger partial charge in [-0.3, -0.25) is 0 Å². The predicted molar refractivity (Wildman–Crippen MR) is 95.5 cm³/mol. The molecular formula is C15H16BN5O2S. The number of nitrogens with zero attached hydrogens (tertiary/aromatic N) is 3. The van der Waals surface area contributed by atoms with Gasteiger partial charge in [-0.05, 0) is 37.4 Å². The quantitative estimate of drug-likeness (QED) is 0.645. The first-order chi connectivity index (χ1) is 11.5. The molecule has 0 spiro atoms. The Labute approximate surface area is 140 Å². The highest BCUT2D eigenvalue weighted by atomic mass is 32.2. The van der Waals surface area contributed by atoms with E-state index >= 15 is 0 Å². The predicted octanol–water partition coefficient (Wildman–Crippen LogP) is -0.181. The third-order valence-corrected chi connectivity index (χ3v) is 5.85. The summed E-state index contributed by atoms with van der Waals surface area (Å²) in [6.07, 6.45) is 4.28. The van der Waals surface area contributed by atoms with Crippen molar-refractivity contribution in [3.05, 3.63) is 36.3 Å². The zero-order chi connectivity index (χ0) is 16.9. The second-order valence-electron chi connectivity index (χ2n) is 5.79. The van der Waals surface area contributed by atoms with Crippen molar-refractivity contribution in [3.63, 3.8) is 0 Å². The van der Waals surface area contributed by atoms with E-state index in [0.717, 1.165) is 46.5 Å². The summed E-state index contributed by atoms with van der Waals surface area (Å²) in [5.41, 5.74) is 3.84. The summed E-state index contributed by atoms with van der Waals surface area (Å²) in [7, 11) is -0.0621. The standard InChI is InChI=1S/C15H16BN5O2S/c1-17-24(22,23)10-3-2-9-4-5-21(12(9)6-10)15-13-11(16)7-18-14(13)19-8-20-15/h2-3,6-8,17H,4-5,16H2,1H3,(H,18,19,20). The van der Waals surface area contributed by atoms with E-state index in [1.807, 2.05) is 20.1 Å². The van der Waals surface area contributed by atoms with Gasteiger partial charge in [-0.1, -0.05) is 11.5 Å². The summed E-state index contributed by atoms with van der Waals surface area (Å²) < 4.78 is 26.6. The fourth-order valence-corrected chi connectivity index (χ4v) is 3.92. The first-order valence-corrected chi connectivity index (χ1v) is 9.12. The van der Waals surface area contributed by atoms with Crippen LogP contribution in [0.2, 0.25) is 0 Å². The van der Waals surface area contributed by atoms with Gasteiger partial charge in [0.05, 0.1) is 10.3 Å². The van der Waals surface area contributed by atoms with Crippen LogP contribution in [0.3, 0.4) is 0 Å². The highest BCUT2D eigenvalue weighted by Crippen LogP contribution is 2.37. The molecule has 9 heteroatoms. The van der Waals surface area contributed by atoms with Crippen molar-refractivity contribution in [2.75, 3.05) is 18.5 Å². The normalized spacial score (nSPS) is 14.3. The number of nitrogens with one attached hydrogen (secondary N) is 2. The highest BCUT2D eigenvalue weighted by molar-refractivity contribution is 7.89. The van der Waals surface area contributed by atoms with Crippen LogP contribution in [-0.4, -0.2) is 44.8 Å². The van der Waals surface area contributed by atoms with E-state index in [1.165, 1.54) is 13.4 Å². The van der Waals surface area contributed by atoms with Crippen LogP contribution in [0.4, 0.5) is 11.5 Å². The van der Waals surface area contributed by atoms with Crippen LogP contribution in [-0.2, 0) is 16.4 Å². The zero-order valence-corrected chi connectivity index (χ0v) is 14.2. The Hall–Kier alpha value is -2.39. The Kier molecular flexibility index (Phi) is 3.36. The van der Waals surface area contributed by atoms with Crippen molar-refractivity contribution in [3.8, 4) is 0 Å². The molecule has 122 valence electrons. The molecule has 7 nitrogen and oxygen atoms in total. The number of sulfonamides is 1. The smallest absolute Gasteiger partial charge is 0.240 e. The number of hydrogen-bond acceptors (Lipinski definition) is 5. The fraction of sp³-hybridized carbons (Fsp3) is 0.200. The van der Waals surface area contributed by atoms with E-state index in [-0.39, 0.29) is 4.90 Å². The van der Waals surface area contributed by atoms with E-state index in [0.29, 0.717) is 0 Å². The van der Waals surface area contributed by atoms with Gasteiger partial charge in [-0.2, -0.15) is 0 Å². The number of H-pyrrole nitrogens is 1. The first-order valence-electron chi connectivity index (χ1n) is 7.64. The molecule has 2 aromatic heterocycles. The SMILES string of the molecule is Bc1c[nH]c2ncnc(N3CCc4ccc(S(=O)(=O)NC)cc43)c12. The van der Waals surface area contributed by atoms with Crippen molar-refractivity contribution in [2.24, 2.45) is 0 Å². The van der Waals surface area contributed by atoms with Crippen LogP contribution in [0.1, 0.15) is 5.56 Å². The third kappa shape index (κ3) is 2.20. The topological polar surface area (TPSA) is 91.0 Å². The summed E-state index contributed by atoms with van der Waals surface area (Å²) in [5, 5.41) is 0.965.